The Balaban J connectivity index is 2.09. The van der Waals surface area contributed by atoms with Crippen LogP contribution in [-0.4, -0.2) is 17.6 Å². The van der Waals surface area contributed by atoms with Gasteiger partial charge in [-0.2, -0.15) is 0 Å². The first-order chi connectivity index (χ1) is 10.3. The van der Waals surface area contributed by atoms with E-state index >= 15 is 0 Å². The molecule has 0 aromatic heterocycles. The maximum absolute atomic E-state index is 10.1. The van der Waals surface area contributed by atoms with Gasteiger partial charge in [0.15, 0.2) is 0 Å². The summed E-state index contributed by atoms with van der Waals surface area (Å²) in [5.74, 6) is 0.249. The molecule has 0 unspecified atom stereocenters. The van der Waals surface area contributed by atoms with Gasteiger partial charge >= 0.3 is 0 Å². The van der Waals surface area contributed by atoms with E-state index in [-0.39, 0.29) is 5.75 Å². The van der Waals surface area contributed by atoms with E-state index in [4.69, 9.17) is 0 Å². The molecule has 0 aliphatic rings. The maximum Gasteiger partial charge on any atom is 0.124 e. The summed E-state index contributed by atoms with van der Waals surface area (Å²) in [5, 5.41) is 12.2. The monoisotopic (exact) mass is 293 g/mol. The van der Waals surface area contributed by atoms with Crippen LogP contribution in [0.15, 0.2) is 70.6 Å². The van der Waals surface area contributed by atoms with Gasteiger partial charge in [-0.25, -0.2) is 0 Å². The lowest BCUT2D eigenvalue weighted by Crippen LogP contribution is -1.86. The smallest absolute Gasteiger partial charge is 0.124 e. The van der Waals surface area contributed by atoms with Crippen LogP contribution in [0, 0.1) is 0 Å². The Bertz CT molecular complexity index is 811. The lowest BCUT2D eigenvalue weighted by atomic mass is 10.0. The van der Waals surface area contributed by atoms with Gasteiger partial charge in [-0.1, -0.05) is 42.5 Å². The van der Waals surface area contributed by atoms with Gasteiger partial charge in [0.25, 0.3) is 0 Å². The van der Waals surface area contributed by atoms with E-state index in [0.717, 1.165) is 26.9 Å². The summed E-state index contributed by atoms with van der Waals surface area (Å²) in [7, 11) is 0. The molecule has 0 heterocycles. The van der Waals surface area contributed by atoms with Crippen LogP contribution >= 0.6 is 11.8 Å². The Morgan fingerprint density at radius 2 is 1.71 bits per heavy atom. The lowest BCUT2D eigenvalue weighted by Gasteiger charge is -2.05. The molecular formula is C18H15NOS. The summed E-state index contributed by atoms with van der Waals surface area (Å²) in [6.07, 6.45) is 3.77. The lowest BCUT2D eigenvalue weighted by molar-refractivity contribution is 0.475. The van der Waals surface area contributed by atoms with Gasteiger partial charge in [0.05, 0.1) is 5.69 Å². The highest BCUT2D eigenvalue weighted by atomic mass is 32.2. The molecule has 21 heavy (non-hydrogen) atoms. The standard InChI is InChI=1S/C18H15NOS/c1-21-18-9-5-4-8-16(18)19-12-15-14-7-3-2-6-13(14)10-11-17(15)20/h2-12,20H,1H3. The average molecular weight is 293 g/mol. The molecule has 0 atom stereocenters. The average Bonchev–Trinajstić information content (AvgIpc) is 2.54. The van der Waals surface area contributed by atoms with Gasteiger partial charge in [0.1, 0.15) is 5.75 Å². The Labute approximate surface area is 128 Å². The normalized spacial score (nSPS) is 11.3. The SMILES string of the molecule is CSc1ccccc1N=Cc1c(O)ccc2ccccc12. The number of hydrogen-bond donors (Lipinski definition) is 1. The molecule has 3 aromatic rings. The van der Waals surface area contributed by atoms with E-state index in [0.29, 0.717) is 0 Å². The highest BCUT2D eigenvalue weighted by Crippen LogP contribution is 2.29. The second-order valence-corrected chi connectivity index (χ2v) is 5.50. The second-order valence-electron chi connectivity index (χ2n) is 4.65. The molecule has 104 valence electrons. The van der Waals surface area contributed by atoms with Crippen LogP contribution in [0.1, 0.15) is 5.56 Å². The molecule has 3 heteroatoms. The fourth-order valence-electron chi connectivity index (χ4n) is 2.29. The molecule has 0 saturated carbocycles. The van der Waals surface area contributed by atoms with Crippen molar-refractivity contribution >= 4 is 34.4 Å². The van der Waals surface area contributed by atoms with Crippen LogP contribution < -0.4 is 0 Å². The Morgan fingerprint density at radius 3 is 2.57 bits per heavy atom. The molecule has 0 saturated heterocycles. The van der Waals surface area contributed by atoms with Crippen LogP contribution in [0.3, 0.4) is 0 Å². The number of phenols is 1. The first kappa shape index (κ1) is 13.7. The van der Waals surface area contributed by atoms with Gasteiger partial charge in [0.2, 0.25) is 0 Å². The number of aromatic hydroxyl groups is 1. The number of benzene rings is 3. The van der Waals surface area contributed by atoms with Crippen molar-refractivity contribution in [3.8, 4) is 5.75 Å². The quantitative estimate of drug-likeness (QED) is 0.543. The summed E-state index contributed by atoms with van der Waals surface area (Å²) in [6, 6.07) is 19.6. The predicted molar refractivity (Wildman–Crippen MR) is 91.1 cm³/mol. The number of hydrogen-bond acceptors (Lipinski definition) is 3. The van der Waals surface area contributed by atoms with E-state index in [2.05, 4.69) is 4.99 Å². The first-order valence-corrected chi connectivity index (χ1v) is 7.90. The van der Waals surface area contributed by atoms with Crippen LogP contribution in [0.5, 0.6) is 5.75 Å². The van der Waals surface area contributed by atoms with E-state index in [1.165, 1.54) is 0 Å². The molecule has 2 nitrogen and oxygen atoms in total. The number of rotatable bonds is 3. The van der Waals surface area contributed by atoms with Crippen molar-refractivity contribution in [2.45, 2.75) is 4.90 Å². The fraction of sp³-hybridized carbons (Fsp3) is 0.0556. The van der Waals surface area contributed by atoms with Crippen molar-refractivity contribution in [3.05, 3.63) is 66.2 Å². The van der Waals surface area contributed by atoms with Crippen LogP contribution in [0.4, 0.5) is 5.69 Å². The second kappa shape index (κ2) is 6.02. The molecule has 0 bridgehead atoms. The highest BCUT2D eigenvalue weighted by molar-refractivity contribution is 7.98. The van der Waals surface area contributed by atoms with Crippen LogP contribution in [0.2, 0.25) is 0 Å². The van der Waals surface area contributed by atoms with Crippen molar-refractivity contribution < 1.29 is 5.11 Å². The molecule has 0 amide bonds. The zero-order valence-corrected chi connectivity index (χ0v) is 12.5. The van der Waals surface area contributed by atoms with Crippen LogP contribution in [-0.2, 0) is 0 Å². The van der Waals surface area contributed by atoms with E-state index in [1.54, 1.807) is 24.0 Å². The largest absolute Gasteiger partial charge is 0.507 e. The van der Waals surface area contributed by atoms with Crippen molar-refractivity contribution in [1.82, 2.24) is 0 Å². The van der Waals surface area contributed by atoms with Gasteiger partial charge < -0.3 is 5.11 Å². The highest BCUT2D eigenvalue weighted by Gasteiger charge is 2.05. The van der Waals surface area contributed by atoms with Crippen LogP contribution in [0.25, 0.3) is 10.8 Å². The molecule has 0 spiro atoms. The third-order valence-electron chi connectivity index (χ3n) is 3.37. The summed E-state index contributed by atoms with van der Waals surface area (Å²) in [5.41, 5.74) is 1.67. The minimum absolute atomic E-state index is 0.249. The van der Waals surface area contributed by atoms with Gasteiger partial charge in [-0.15, -0.1) is 11.8 Å². The number of thioether (sulfide) groups is 1. The first-order valence-electron chi connectivity index (χ1n) is 6.67. The Morgan fingerprint density at radius 1 is 0.952 bits per heavy atom. The number of para-hydroxylation sites is 1. The van der Waals surface area contributed by atoms with E-state index in [1.807, 2.05) is 60.9 Å². The fourth-order valence-corrected chi connectivity index (χ4v) is 2.83. The molecule has 0 aliphatic heterocycles. The zero-order valence-electron chi connectivity index (χ0n) is 11.7. The van der Waals surface area contributed by atoms with Gasteiger partial charge in [-0.3, -0.25) is 4.99 Å². The molecule has 1 N–H and O–H groups in total. The summed E-state index contributed by atoms with van der Waals surface area (Å²) in [6.45, 7) is 0. The zero-order chi connectivity index (χ0) is 14.7. The number of fused-ring (bicyclic) bond motifs is 1. The summed E-state index contributed by atoms with van der Waals surface area (Å²) < 4.78 is 0. The Hall–Kier alpha value is -2.26. The number of aliphatic imine (C=N–C) groups is 1. The molecule has 3 rings (SSSR count). The van der Waals surface area contributed by atoms with Gasteiger partial charge in [-0.05, 0) is 35.2 Å². The molecule has 3 aromatic carbocycles. The topological polar surface area (TPSA) is 32.6 Å². The molecular weight excluding hydrogens is 278 g/mol. The van der Waals surface area contributed by atoms with Gasteiger partial charge in [0, 0.05) is 16.7 Å². The molecule has 0 aliphatic carbocycles. The number of phenolic OH excluding ortho intramolecular Hbond substituents is 1. The number of nitrogens with zero attached hydrogens (tertiary/aromatic N) is 1. The Kier molecular flexibility index (Phi) is 3.93. The predicted octanol–water partition coefficient (Wildman–Crippen LogP) is 5.02. The minimum Gasteiger partial charge on any atom is -0.507 e. The summed E-state index contributed by atoms with van der Waals surface area (Å²) in [4.78, 5) is 5.67. The van der Waals surface area contributed by atoms with E-state index in [9.17, 15) is 5.11 Å². The van der Waals surface area contributed by atoms with Crippen molar-refractivity contribution in [2.75, 3.05) is 6.26 Å². The summed E-state index contributed by atoms with van der Waals surface area (Å²) >= 11 is 1.66. The van der Waals surface area contributed by atoms with Crippen molar-refractivity contribution in [1.29, 1.82) is 0 Å². The van der Waals surface area contributed by atoms with Crippen molar-refractivity contribution in [2.24, 2.45) is 4.99 Å². The third-order valence-corrected chi connectivity index (χ3v) is 4.15. The molecule has 0 radical (unpaired) electrons. The van der Waals surface area contributed by atoms with E-state index < -0.39 is 0 Å². The molecule has 0 fully saturated rings. The maximum atomic E-state index is 10.1. The minimum atomic E-state index is 0.249. The van der Waals surface area contributed by atoms with Crippen molar-refractivity contribution in [3.63, 3.8) is 0 Å². The third kappa shape index (κ3) is 2.78.